The Balaban J connectivity index is 1.50. The Kier molecular flexibility index (Phi) is 6.10. The zero-order valence-corrected chi connectivity index (χ0v) is 17.2. The predicted molar refractivity (Wildman–Crippen MR) is 119 cm³/mol. The van der Waals surface area contributed by atoms with Crippen molar-refractivity contribution < 1.29 is 9.59 Å². The van der Waals surface area contributed by atoms with Crippen molar-refractivity contribution in [2.45, 2.75) is 25.7 Å². The van der Waals surface area contributed by atoms with Gasteiger partial charge in [-0.15, -0.1) is 0 Å². The Morgan fingerprint density at radius 1 is 1.07 bits per heavy atom. The summed E-state index contributed by atoms with van der Waals surface area (Å²) in [5.41, 5.74) is 3.75. The van der Waals surface area contributed by atoms with Crippen LogP contribution in [0.5, 0.6) is 0 Å². The molecule has 1 aliphatic rings. The molecule has 4 rings (SSSR count). The molecule has 0 unspecified atom stereocenters. The average molecular weight is 420 g/mol. The number of aryl methyl sites for hydroxylation is 2. The van der Waals surface area contributed by atoms with Gasteiger partial charge in [0.05, 0.1) is 16.9 Å². The molecule has 1 aromatic heterocycles. The summed E-state index contributed by atoms with van der Waals surface area (Å²) in [6, 6.07) is 18.7. The van der Waals surface area contributed by atoms with Crippen LogP contribution in [0.15, 0.2) is 66.9 Å². The topological polar surface area (TPSA) is 62.3 Å². The maximum absolute atomic E-state index is 12.9. The highest BCUT2D eigenvalue weighted by Gasteiger charge is 2.24. The summed E-state index contributed by atoms with van der Waals surface area (Å²) in [5, 5.41) is 3.38. The van der Waals surface area contributed by atoms with Gasteiger partial charge in [0.1, 0.15) is 0 Å². The lowest BCUT2D eigenvalue weighted by molar-refractivity contribution is -0.118. The van der Waals surface area contributed by atoms with Crippen molar-refractivity contribution in [2.75, 3.05) is 16.8 Å². The molecule has 0 bridgehead atoms. The fraction of sp³-hybridized carbons (Fsp3) is 0.208. The van der Waals surface area contributed by atoms with Gasteiger partial charge in [0, 0.05) is 29.9 Å². The SMILES string of the molecule is O=C(Nc1cccc(Cl)c1)c1cnc2c(c1)N(C(=O)CCc1ccccc1)CCC2. The van der Waals surface area contributed by atoms with Crippen molar-refractivity contribution >= 4 is 34.8 Å². The predicted octanol–water partition coefficient (Wildman–Crippen LogP) is 4.90. The molecule has 0 saturated carbocycles. The summed E-state index contributed by atoms with van der Waals surface area (Å²) < 4.78 is 0. The highest BCUT2D eigenvalue weighted by molar-refractivity contribution is 6.31. The van der Waals surface area contributed by atoms with Crippen LogP contribution in [0.1, 0.15) is 34.5 Å². The smallest absolute Gasteiger partial charge is 0.257 e. The minimum Gasteiger partial charge on any atom is -0.322 e. The van der Waals surface area contributed by atoms with Crippen molar-refractivity contribution in [2.24, 2.45) is 0 Å². The molecule has 3 aromatic rings. The second kappa shape index (κ2) is 9.09. The van der Waals surface area contributed by atoms with Crippen molar-refractivity contribution in [3.05, 3.63) is 88.7 Å². The van der Waals surface area contributed by atoms with E-state index in [-0.39, 0.29) is 11.8 Å². The number of rotatable bonds is 5. The molecule has 0 aliphatic carbocycles. The summed E-state index contributed by atoms with van der Waals surface area (Å²) in [6.45, 7) is 0.641. The number of anilines is 2. The first-order chi connectivity index (χ1) is 14.6. The van der Waals surface area contributed by atoms with Gasteiger partial charge in [0.25, 0.3) is 5.91 Å². The van der Waals surface area contributed by atoms with Crippen molar-refractivity contribution in [1.29, 1.82) is 0 Å². The number of aromatic nitrogens is 1. The monoisotopic (exact) mass is 419 g/mol. The fourth-order valence-corrected chi connectivity index (χ4v) is 3.81. The quantitative estimate of drug-likeness (QED) is 0.639. The first-order valence-corrected chi connectivity index (χ1v) is 10.4. The van der Waals surface area contributed by atoms with E-state index < -0.39 is 0 Å². The van der Waals surface area contributed by atoms with E-state index in [1.807, 2.05) is 30.3 Å². The minimum atomic E-state index is -0.283. The van der Waals surface area contributed by atoms with Gasteiger partial charge < -0.3 is 10.2 Å². The van der Waals surface area contributed by atoms with Crippen LogP contribution in [-0.4, -0.2) is 23.3 Å². The van der Waals surface area contributed by atoms with Gasteiger partial charge in [-0.05, 0) is 49.1 Å². The summed E-state index contributed by atoms with van der Waals surface area (Å²) in [5.74, 6) is -0.233. The lowest BCUT2D eigenvalue weighted by atomic mass is 10.0. The van der Waals surface area contributed by atoms with Crippen molar-refractivity contribution in [1.82, 2.24) is 4.98 Å². The molecule has 2 aromatic carbocycles. The number of benzene rings is 2. The number of nitrogens with zero attached hydrogens (tertiary/aromatic N) is 2. The average Bonchev–Trinajstić information content (AvgIpc) is 2.77. The molecule has 2 amide bonds. The van der Waals surface area contributed by atoms with Crippen LogP contribution in [-0.2, 0) is 17.6 Å². The normalized spacial score (nSPS) is 12.9. The van der Waals surface area contributed by atoms with Crippen molar-refractivity contribution in [3.63, 3.8) is 0 Å². The summed E-state index contributed by atoms with van der Waals surface area (Å²) >= 11 is 5.99. The second-order valence-electron chi connectivity index (χ2n) is 7.29. The zero-order chi connectivity index (χ0) is 20.9. The van der Waals surface area contributed by atoms with Crippen LogP contribution in [0.4, 0.5) is 11.4 Å². The lowest BCUT2D eigenvalue weighted by Crippen LogP contribution is -2.36. The van der Waals surface area contributed by atoms with Crippen LogP contribution in [0.25, 0.3) is 0 Å². The first kappa shape index (κ1) is 20.1. The van der Waals surface area contributed by atoms with E-state index in [1.54, 1.807) is 41.4 Å². The molecule has 0 atom stereocenters. The second-order valence-corrected chi connectivity index (χ2v) is 7.73. The van der Waals surface area contributed by atoms with Gasteiger partial charge in [0.2, 0.25) is 5.91 Å². The van der Waals surface area contributed by atoms with Crippen LogP contribution >= 0.6 is 11.6 Å². The maximum Gasteiger partial charge on any atom is 0.257 e. The summed E-state index contributed by atoms with van der Waals surface area (Å²) in [7, 11) is 0. The molecule has 1 N–H and O–H groups in total. The molecule has 0 spiro atoms. The standard InChI is InChI=1S/C24H22ClN3O2/c25-19-8-4-9-20(15-19)27-24(30)18-14-22-21(26-16-18)10-5-13-28(22)23(29)12-11-17-6-2-1-3-7-17/h1-4,6-9,14-16H,5,10-13H2,(H,27,30). The number of hydrogen-bond donors (Lipinski definition) is 1. The van der Waals surface area contributed by atoms with E-state index in [4.69, 9.17) is 11.6 Å². The number of nitrogens with one attached hydrogen (secondary N) is 1. The highest BCUT2D eigenvalue weighted by atomic mass is 35.5. The van der Waals surface area contributed by atoms with Gasteiger partial charge in [-0.3, -0.25) is 14.6 Å². The molecule has 1 aliphatic heterocycles. The highest BCUT2D eigenvalue weighted by Crippen LogP contribution is 2.28. The first-order valence-electron chi connectivity index (χ1n) is 10.0. The van der Waals surface area contributed by atoms with Crippen LogP contribution in [0.3, 0.4) is 0 Å². The van der Waals surface area contributed by atoms with E-state index in [0.717, 1.165) is 29.8 Å². The zero-order valence-electron chi connectivity index (χ0n) is 16.5. The van der Waals surface area contributed by atoms with Gasteiger partial charge in [-0.1, -0.05) is 48.0 Å². The van der Waals surface area contributed by atoms with Crippen LogP contribution < -0.4 is 10.2 Å². The number of pyridine rings is 1. The van der Waals surface area contributed by atoms with E-state index in [1.165, 1.54) is 0 Å². The van der Waals surface area contributed by atoms with Gasteiger partial charge >= 0.3 is 0 Å². The fourth-order valence-electron chi connectivity index (χ4n) is 3.62. The lowest BCUT2D eigenvalue weighted by Gasteiger charge is -2.29. The molecule has 2 heterocycles. The number of amides is 2. The molecule has 5 nitrogen and oxygen atoms in total. The largest absolute Gasteiger partial charge is 0.322 e. The van der Waals surface area contributed by atoms with Gasteiger partial charge in [-0.2, -0.15) is 0 Å². The Morgan fingerprint density at radius 2 is 1.90 bits per heavy atom. The molecule has 0 saturated heterocycles. The summed E-state index contributed by atoms with van der Waals surface area (Å²) in [6.07, 6.45) is 4.34. The number of fused-ring (bicyclic) bond motifs is 1. The minimum absolute atomic E-state index is 0.0500. The number of carbonyl (C=O) groups is 2. The number of hydrogen-bond acceptors (Lipinski definition) is 3. The van der Waals surface area contributed by atoms with Gasteiger partial charge in [-0.25, -0.2) is 0 Å². The Morgan fingerprint density at radius 3 is 2.70 bits per heavy atom. The Hall–Kier alpha value is -3.18. The molecule has 152 valence electrons. The Bertz CT molecular complexity index is 1070. The molecule has 6 heteroatoms. The van der Waals surface area contributed by atoms with E-state index >= 15 is 0 Å². The van der Waals surface area contributed by atoms with Crippen molar-refractivity contribution in [3.8, 4) is 0 Å². The molecular weight excluding hydrogens is 398 g/mol. The molecular formula is C24H22ClN3O2. The van der Waals surface area contributed by atoms with E-state index in [2.05, 4.69) is 10.3 Å². The molecule has 0 radical (unpaired) electrons. The summed E-state index contributed by atoms with van der Waals surface area (Å²) in [4.78, 5) is 31.9. The maximum atomic E-state index is 12.9. The Labute approximate surface area is 180 Å². The van der Waals surface area contributed by atoms with E-state index in [0.29, 0.717) is 35.7 Å². The third-order valence-electron chi connectivity index (χ3n) is 5.15. The third kappa shape index (κ3) is 4.69. The molecule has 0 fully saturated rings. The number of halogens is 1. The van der Waals surface area contributed by atoms with E-state index in [9.17, 15) is 9.59 Å². The van der Waals surface area contributed by atoms with Crippen LogP contribution in [0.2, 0.25) is 5.02 Å². The van der Waals surface area contributed by atoms with Gasteiger partial charge in [0.15, 0.2) is 0 Å². The van der Waals surface area contributed by atoms with Crippen LogP contribution in [0, 0.1) is 0 Å². The third-order valence-corrected chi connectivity index (χ3v) is 5.38. The number of carbonyl (C=O) groups excluding carboxylic acids is 2. The molecule has 30 heavy (non-hydrogen) atoms.